The number of aryl methyl sites for hydroxylation is 2. The van der Waals surface area contributed by atoms with E-state index in [0.717, 1.165) is 16.0 Å². The summed E-state index contributed by atoms with van der Waals surface area (Å²) in [6.07, 6.45) is 0.381. The second-order valence-corrected chi connectivity index (χ2v) is 8.05. The van der Waals surface area contributed by atoms with Gasteiger partial charge < -0.3 is 9.73 Å². The highest BCUT2D eigenvalue weighted by molar-refractivity contribution is 6.30. The van der Waals surface area contributed by atoms with Crippen LogP contribution < -0.4 is 10.9 Å². The Morgan fingerprint density at radius 3 is 2.37 bits per heavy atom. The summed E-state index contributed by atoms with van der Waals surface area (Å²) in [6.45, 7) is 5.71. The molecule has 1 unspecified atom stereocenters. The predicted octanol–water partition coefficient (Wildman–Crippen LogP) is 4.42. The van der Waals surface area contributed by atoms with Gasteiger partial charge in [-0.1, -0.05) is 30.7 Å². The fourth-order valence-corrected chi connectivity index (χ4v) is 4.05. The highest BCUT2D eigenvalue weighted by Crippen LogP contribution is 2.34. The van der Waals surface area contributed by atoms with Crippen molar-refractivity contribution in [1.82, 2.24) is 10.2 Å². The lowest BCUT2D eigenvalue weighted by atomic mass is 9.87. The van der Waals surface area contributed by atoms with Crippen LogP contribution in [-0.2, 0) is 16.9 Å². The molecule has 4 rings (SSSR count). The van der Waals surface area contributed by atoms with Crippen molar-refractivity contribution in [2.24, 2.45) is 0 Å². The molecule has 1 saturated heterocycles. The van der Waals surface area contributed by atoms with E-state index >= 15 is 0 Å². The molecule has 7 heteroatoms. The molecule has 3 amide bonds. The van der Waals surface area contributed by atoms with Gasteiger partial charge in [0.15, 0.2) is 0 Å². The zero-order chi connectivity index (χ0) is 21.6. The molecule has 30 heavy (non-hydrogen) atoms. The van der Waals surface area contributed by atoms with E-state index < -0.39 is 17.2 Å². The Morgan fingerprint density at radius 2 is 1.70 bits per heavy atom. The first-order valence-electron chi connectivity index (χ1n) is 9.69. The second-order valence-electron chi connectivity index (χ2n) is 7.61. The number of urea groups is 1. The number of imide groups is 1. The molecule has 0 bridgehead atoms. The van der Waals surface area contributed by atoms with Crippen LogP contribution in [0.15, 0.2) is 51.7 Å². The normalized spacial score (nSPS) is 18.9. The predicted molar refractivity (Wildman–Crippen MR) is 114 cm³/mol. The first kappa shape index (κ1) is 20.2. The van der Waals surface area contributed by atoms with Crippen LogP contribution in [-0.4, -0.2) is 16.8 Å². The number of nitrogens with zero attached hydrogens (tertiary/aromatic N) is 1. The van der Waals surface area contributed by atoms with Crippen LogP contribution in [0.2, 0.25) is 5.02 Å². The van der Waals surface area contributed by atoms with Gasteiger partial charge in [0.1, 0.15) is 11.1 Å². The Kier molecular flexibility index (Phi) is 4.90. The number of carbonyl (C=O) groups excluding carboxylic acids is 2. The number of fused-ring (bicyclic) bond motifs is 1. The molecule has 1 aliphatic rings. The third kappa shape index (κ3) is 3.17. The fraction of sp³-hybridized carbons (Fsp3) is 0.261. The number of hydrogen-bond acceptors (Lipinski definition) is 4. The highest BCUT2D eigenvalue weighted by Gasteiger charge is 2.51. The van der Waals surface area contributed by atoms with Gasteiger partial charge in [-0.3, -0.25) is 9.69 Å². The molecule has 154 valence electrons. The van der Waals surface area contributed by atoms with Gasteiger partial charge in [-0.05, 0) is 66.8 Å². The zero-order valence-electron chi connectivity index (χ0n) is 16.9. The Bertz CT molecular complexity index is 1230. The van der Waals surface area contributed by atoms with Crippen molar-refractivity contribution < 1.29 is 14.0 Å². The van der Waals surface area contributed by atoms with Gasteiger partial charge in [0, 0.05) is 16.5 Å². The molecule has 3 aromatic rings. The number of hydrogen-bond donors (Lipinski definition) is 1. The van der Waals surface area contributed by atoms with Gasteiger partial charge in [-0.2, -0.15) is 0 Å². The minimum Gasteiger partial charge on any atom is -0.423 e. The summed E-state index contributed by atoms with van der Waals surface area (Å²) in [5, 5.41) is 4.10. The Labute approximate surface area is 178 Å². The second kappa shape index (κ2) is 7.29. The van der Waals surface area contributed by atoms with Gasteiger partial charge in [-0.25, -0.2) is 9.59 Å². The molecule has 1 atom stereocenters. The maximum absolute atomic E-state index is 13.4. The van der Waals surface area contributed by atoms with Crippen molar-refractivity contribution in [3.8, 4) is 0 Å². The van der Waals surface area contributed by atoms with E-state index in [1.54, 1.807) is 30.3 Å². The molecule has 0 spiro atoms. The van der Waals surface area contributed by atoms with Crippen LogP contribution in [0, 0.1) is 13.8 Å². The molecule has 1 aliphatic heterocycles. The van der Waals surface area contributed by atoms with Crippen molar-refractivity contribution in [2.45, 2.75) is 39.3 Å². The topological polar surface area (TPSA) is 79.6 Å². The molecule has 6 nitrogen and oxygen atoms in total. The van der Waals surface area contributed by atoms with E-state index in [2.05, 4.69) is 5.32 Å². The van der Waals surface area contributed by atoms with Crippen molar-refractivity contribution in [2.75, 3.05) is 0 Å². The summed E-state index contributed by atoms with van der Waals surface area (Å²) >= 11 is 5.98. The average molecular weight is 425 g/mol. The van der Waals surface area contributed by atoms with Crippen LogP contribution in [0.3, 0.4) is 0 Å². The first-order valence-corrected chi connectivity index (χ1v) is 10.1. The van der Waals surface area contributed by atoms with E-state index in [1.165, 1.54) is 6.07 Å². The quantitative estimate of drug-likeness (QED) is 0.496. The van der Waals surface area contributed by atoms with Gasteiger partial charge in [-0.15, -0.1) is 0 Å². The van der Waals surface area contributed by atoms with Crippen LogP contribution in [0.25, 0.3) is 11.0 Å². The molecule has 0 radical (unpaired) electrons. The summed E-state index contributed by atoms with van der Waals surface area (Å²) in [5.74, 6) is -0.359. The largest absolute Gasteiger partial charge is 0.423 e. The Morgan fingerprint density at radius 1 is 1.03 bits per heavy atom. The van der Waals surface area contributed by atoms with E-state index in [0.29, 0.717) is 33.5 Å². The molecular formula is C23H21ClN2O4. The summed E-state index contributed by atoms with van der Waals surface area (Å²) in [5.41, 5.74) is 2.00. The van der Waals surface area contributed by atoms with E-state index in [-0.39, 0.29) is 12.5 Å². The summed E-state index contributed by atoms with van der Waals surface area (Å²) in [7, 11) is 0. The average Bonchev–Trinajstić information content (AvgIpc) is 2.95. The monoisotopic (exact) mass is 424 g/mol. The smallest absolute Gasteiger partial charge is 0.336 e. The summed E-state index contributed by atoms with van der Waals surface area (Å²) in [6, 6.07) is 11.4. The lowest BCUT2D eigenvalue weighted by molar-refractivity contribution is -0.132. The van der Waals surface area contributed by atoms with Crippen LogP contribution in [0.4, 0.5) is 4.79 Å². The lowest BCUT2D eigenvalue weighted by Crippen LogP contribution is -2.43. The van der Waals surface area contributed by atoms with E-state index in [1.807, 2.05) is 26.8 Å². The van der Waals surface area contributed by atoms with Crippen LogP contribution in [0.5, 0.6) is 0 Å². The van der Waals surface area contributed by atoms with Crippen molar-refractivity contribution in [1.29, 1.82) is 0 Å². The molecule has 0 aliphatic carbocycles. The Hall–Kier alpha value is -3.12. The standard InChI is InChI=1S/C23H21ClN2O4/c1-4-23(16-5-7-17(24)8-6-16)21(28)26(22(29)25-23)12-15-11-20(27)30-19-10-14(3)13(2)9-18(15)19/h5-11H,4,12H2,1-3H3,(H,25,29). The van der Waals surface area contributed by atoms with E-state index in [4.69, 9.17) is 16.0 Å². The summed E-state index contributed by atoms with van der Waals surface area (Å²) in [4.78, 5) is 39.5. The number of benzene rings is 2. The fourth-order valence-electron chi connectivity index (χ4n) is 3.93. The number of rotatable bonds is 4. The highest BCUT2D eigenvalue weighted by atomic mass is 35.5. The van der Waals surface area contributed by atoms with Crippen molar-refractivity contribution in [3.05, 3.63) is 80.2 Å². The molecular weight excluding hydrogens is 404 g/mol. The van der Waals surface area contributed by atoms with Crippen molar-refractivity contribution in [3.63, 3.8) is 0 Å². The van der Waals surface area contributed by atoms with Gasteiger partial charge in [0.05, 0.1) is 6.54 Å². The van der Waals surface area contributed by atoms with Gasteiger partial charge in [0.25, 0.3) is 5.91 Å². The number of halogens is 1. The maximum atomic E-state index is 13.4. The SMILES string of the molecule is CCC1(c2ccc(Cl)cc2)NC(=O)N(Cc2cc(=O)oc3cc(C)c(C)cc23)C1=O. The zero-order valence-corrected chi connectivity index (χ0v) is 17.7. The molecule has 1 fully saturated rings. The molecule has 2 aromatic carbocycles. The number of nitrogens with one attached hydrogen (secondary N) is 1. The molecule has 1 N–H and O–H groups in total. The third-order valence-electron chi connectivity index (χ3n) is 5.82. The molecule has 1 aromatic heterocycles. The summed E-state index contributed by atoms with van der Waals surface area (Å²) < 4.78 is 5.33. The third-order valence-corrected chi connectivity index (χ3v) is 6.07. The Balaban J connectivity index is 1.76. The maximum Gasteiger partial charge on any atom is 0.336 e. The van der Waals surface area contributed by atoms with E-state index in [9.17, 15) is 14.4 Å². The van der Waals surface area contributed by atoms with Crippen LogP contribution in [0.1, 0.15) is 35.6 Å². The molecule has 2 heterocycles. The van der Waals surface area contributed by atoms with Gasteiger partial charge in [0.2, 0.25) is 0 Å². The minimum absolute atomic E-state index is 0.0232. The number of carbonyl (C=O) groups is 2. The lowest BCUT2D eigenvalue weighted by Gasteiger charge is -2.26. The molecule has 0 saturated carbocycles. The minimum atomic E-state index is -1.16. The van der Waals surface area contributed by atoms with Crippen molar-refractivity contribution >= 4 is 34.5 Å². The number of amides is 3. The van der Waals surface area contributed by atoms with Crippen LogP contribution >= 0.6 is 11.6 Å². The first-order chi connectivity index (χ1) is 14.2. The van der Waals surface area contributed by atoms with Gasteiger partial charge >= 0.3 is 11.7 Å².